The smallest absolute Gasteiger partial charge is 0.291 e. The highest BCUT2D eigenvalue weighted by molar-refractivity contribution is 6.09. The molecule has 0 aliphatic carbocycles. The third-order valence-electron chi connectivity index (χ3n) is 5.55. The summed E-state index contributed by atoms with van der Waals surface area (Å²) < 4.78 is 22.9. The van der Waals surface area contributed by atoms with Crippen molar-refractivity contribution in [3.8, 4) is 11.5 Å². The van der Waals surface area contributed by atoms with Crippen molar-refractivity contribution in [1.82, 2.24) is 0 Å². The van der Waals surface area contributed by atoms with Crippen LogP contribution in [0.25, 0.3) is 21.9 Å². The summed E-state index contributed by atoms with van der Waals surface area (Å²) in [4.78, 5) is 12.8. The molecule has 6 nitrogen and oxygen atoms in total. The Bertz CT molecular complexity index is 1430. The summed E-state index contributed by atoms with van der Waals surface area (Å²) in [7, 11) is 1.56. The van der Waals surface area contributed by atoms with E-state index in [-0.39, 0.29) is 18.3 Å². The predicted octanol–water partition coefficient (Wildman–Crippen LogP) is 6.58. The zero-order chi connectivity index (χ0) is 22.8. The van der Waals surface area contributed by atoms with Crippen LogP contribution in [0.15, 0.2) is 81.6 Å². The first-order chi connectivity index (χ1) is 16.1. The lowest BCUT2D eigenvalue weighted by Gasteiger charge is -2.09. The Balaban J connectivity index is 1.32. The fourth-order valence-electron chi connectivity index (χ4n) is 3.76. The number of rotatable bonds is 7. The lowest BCUT2D eigenvalue weighted by molar-refractivity contribution is 0.0992. The number of hydrogen-bond donors (Lipinski definition) is 1. The molecule has 0 bridgehead atoms. The van der Waals surface area contributed by atoms with Crippen LogP contribution in [0.1, 0.15) is 28.8 Å². The maximum absolute atomic E-state index is 12.8. The van der Waals surface area contributed by atoms with Crippen molar-refractivity contribution >= 4 is 33.5 Å². The first-order valence-corrected chi connectivity index (χ1v) is 10.8. The number of ether oxygens (including phenoxy) is 2. The Kier molecular flexibility index (Phi) is 5.48. The zero-order valence-electron chi connectivity index (χ0n) is 18.4. The summed E-state index contributed by atoms with van der Waals surface area (Å²) >= 11 is 0. The molecule has 2 aromatic heterocycles. The van der Waals surface area contributed by atoms with Crippen molar-refractivity contribution in [3.63, 3.8) is 0 Å². The lowest BCUT2D eigenvalue weighted by Crippen LogP contribution is -2.11. The standard InChI is InChI=1S/C27H23NO5/c1-3-17-8-10-18(11-9-17)31-16-19-12-13-24(32-19)27(29)28-22-15-25-21(14-26(22)30-2)20-6-4-5-7-23(20)33-25/h4-15H,3,16H2,1-2H3,(H,28,29). The molecule has 0 fully saturated rings. The van der Waals surface area contributed by atoms with Gasteiger partial charge in [-0.3, -0.25) is 4.79 Å². The molecule has 0 saturated carbocycles. The van der Waals surface area contributed by atoms with Gasteiger partial charge in [-0.25, -0.2) is 0 Å². The molecule has 166 valence electrons. The molecule has 3 aromatic carbocycles. The van der Waals surface area contributed by atoms with Gasteiger partial charge in [0.15, 0.2) is 5.76 Å². The number of fused-ring (bicyclic) bond motifs is 3. The van der Waals surface area contributed by atoms with Crippen LogP contribution in [0.2, 0.25) is 0 Å². The number of anilines is 1. The van der Waals surface area contributed by atoms with Crippen molar-refractivity contribution in [2.75, 3.05) is 12.4 Å². The highest BCUT2D eigenvalue weighted by atomic mass is 16.5. The van der Waals surface area contributed by atoms with Gasteiger partial charge in [0.2, 0.25) is 0 Å². The summed E-state index contributed by atoms with van der Waals surface area (Å²) in [5.74, 6) is 1.63. The van der Waals surface area contributed by atoms with E-state index in [0.717, 1.165) is 28.5 Å². The van der Waals surface area contributed by atoms with E-state index in [0.29, 0.717) is 22.8 Å². The number of amides is 1. The van der Waals surface area contributed by atoms with Gasteiger partial charge in [0, 0.05) is 16.8 Å². The quantitative estimate of drug-likeness (QED) is 0.309. The van der Waals surface area contributed by atoms with Crippen LogP contribution in [-0.4, -0.2) is 13.0 Å². The second-order valence-corrected chi connectivity index (χ2v) is 7.65. The molecule has 1 amide bonds. The molecule has 0 unspecified atom stereocenters. The topological polar surface area (TPSA) is 73.8 Å². The maximum Gasteiger partial charge on any atom is 0.291 e. The van der Waals surface area contributed by atoms with Gasteiger partial charge in [0.1, 0.15) is 35.0 Å². The third-order valence-corrected chi connectivity index (χ3v) is 5.55. The normalized spacial score (nSPS) is 11.1. The maximum atomic E-state index is 12.8. The highest BCUT2D eigenvalue weighted by Gasteiger charge is 2.17. The third kappa shape index (κ3) is 4.15. The van der Waals surface area contributed by atoms with Crippen LogP contribution in [0, 0.1) is 0 Å². The van der Waals surface area contributed by atoms with E-state index in [2.05, 4.69) is 12.2 Å². The minimum absolute atomic E-state index is 0.182. The van der Waals surface area contributed by atoms with Crippen molar-refractivity contribution in [2.45, 2.75) is 20.0 Å². The molecule has 33 heavy (non-hydrogen) atoms. The Hall–Kier alpha value is -4.19. The number of aryl methyl sites for hydroxylation is 1. The number of hydrogen-bond acceptors (Lipinski definition) is 5. The van der Waals surface area contributed by atoms with Crippen LogP contribution in [0.5, 0.6) is 11.5 Å². The molecule has 0 aliphatic heterocycles. The second kappa shape index (κ2) is 8.74. The molecule has 2 heterocycles. The summed E-state index contributed by atoms with van der Waals surface area (Å²) in [6.45, 7) is 2.34. The van der Waals surface area contributed by atoms with Crippen LogP contribution in [0.3, 0.4) is 0 Å². The summed E-state index contributed by atoms with van der Waals surface area (Å²) in [5, 5.41) is 4.77. The van der Waals surface area contributed by atoms with Gasteiger partial charge < -0.3 is 23.6 Å². The molecule has 0 aliphatic rings. The Morgan fingerprint density at radius 3 is 2.52 bits per heavy atom. The molecular formula is C27H23NO5. The van der Waals surface area contributed by atoms with Crippen LogP contribution in [0.4, 0.5) is 5.69 Å². The van der Waals surface area contributed by atoms with E-state index in [9.17, 15) is 4.79 Å². The van der Waals surface area contributed by atoms with Gasteiger partial charge in [0.25, 0.3) is 5.91 Å². The van der Waals surface area contributed by atoms with Crippen molar-refractivity contribution in [1.29, 1.82) is 0 Å². The molecule has 0 radical (unpaired) electrons. The van der Waals surface area contributed by atoms with E-state index in [1.165, 1.54) is 5.56 Å². The van der Waals surface area contributed by atoms with Crippen LogP contribution >= 0.6 is 0 Å². The number of para-hydroxylation sites is 1. The van der Waals surface area contributed by atoms with Gasteiger partial charge in [-0.1, -0.05) is 37.3 Å². The van der Waals surface area contributed by atoms with E-state index in [1.807, 2.05) is 54.6 Å². The first kappa shape index (κ1) is 20.7. The number of methoxy groups -OCH3 is 1. The predicted molar refractivity (Wildman–Crippen MR) is 127 cm³/mol. The van der Waals surface area contributed by atoms with Gasteiger partial charge in [-0.05, 0) is 48.4 Å². The van der Waals surface area contributed by atoms with E-state index >= 15 is 0 Å². The van der Waals surface area contributed by atoms with Gasteiger partial charge >= 0.3 is 0 Å². The fraction of sp³-hybridized carbons (Fsp3) is 0.148. The molecule has 0 atom stereocenters. The summed E-state index contributed by atoms with van der Waals surface area (Å²) in [6, 6.07) is 22.7. The van der Waals surface area contributed by atoms with Gasteiger partial charge in [-0.15, -0.1) is 0 Å². The Morgan fingerprint density at radius 2 is 1.73 bits per heavy atom. The SMILES string of the molecule is CCc1ccc(OCc2ccc(C(=O)Nc3cc4oc5ccccc5c4cc3OC)o2)cc1. The monoisotopic (exact) mass is 441 g/mol. The Morgan fingerprint density at radius 1 is 0.909 bits per heavy atom. The van der Waals surface area contributed by atoms with E-state index < -0.39 is 0 Å². The molecular weight excluding hydrogens is 418 g/mol. The van der Waals surface area contributed by atoms with Crippen molar-refractivity contribution in [3.05, 3.63) is 89.9 Å². The van der Waals surface area contributed by atoms with Crippen molar-refractivity contribution in [2.24, 2.45) is 0 Å². The lowest BCUT2D eigenvalue weighted by atomic mass is 10.1. The van der Waals surface area contributed by atoms with Gasteiger partial charge in [-0.2, -0.15) is 0 Å². The molecule has 6 heteroatoms. The average Bonchev–Trinajstić information content (AvgIpc) is 3.47. The van der Waals surface area contributed by atoms with Crippen LogP contribution < -0.4 is 14.8 Å². The Labute approximate surface area is 190 Å². The second-order valence-electron chi connectivity index (χ2n) is 7.65. The number of furan rings is 2. The van der Waals surface area contributed by atoms with Crippen molar-refractivity contribution < 1.29 is 23.1 Å². The fourth-order valence-corrected chi connectivity index (χ4v) is 3.76. The summed E-state index contributed by atoms with van der Waals surface area (Å²) in [6.07, 6.45) is 0.977. The van der Waals surface area contributed by atoms with Crippen LogP contribution in [-0.2, 0) is 13.0 Å². The number of carbonyl (C=O) groups excluding carboxylic acids is 1. The number of nitrogens with one attached hydrogen (secondary N) is 1. The molecule has 5 rings (SSSR count). The minimum atomic E-state index is -0.387. The van der Waals surface area contributed by atoms with E-state index in [4.69, 9.17) is 18.3 Å². The zero-order valence-corrected chi connectivity index (χ0v) is 18.4. The number of carbonyl (C=O) groups is 1. The largest absolute Gasteiger partial charge is 0.495 e. The minimum Gasteiger partial charge on any atom is -0.495 e. The van der Waals surface area contributed by atoms with E-state index in [1.54, 1.807) is 25.3 Å². The highest BCUT2D eigenvalue weighted by Crippen LogP contribution is 2.36. The number of benzene rings is 3. The first-order valence-electron chi connectivity index (χ1n) is 10.8. The summed E-state index contributed by atoms with van der Waals surface area (Å²) in [5.41, 5.74) is 3.18. The molecule has 0 spiro atoms. The molecule has 5 aromatic rings. The van der Waals surface area contributed by atoms with Gasteiger partial charge in [0.05, 0.1) is 12.8 Å². The average molecular weight is 441 g/mol. The molecule has 0 saturated heterocycles. The molecule has 1 N–H and O–H groups in total.